The van der Waals surface area contributed by atoms with E-state index in [1.165, 1.54) is 0 Å². The number of carbonyl (C=O) groups excluding carboxylic acids is 3. The molecule has 0 amide bonds. The summed E-state index contributed by atoms with van der Waals surface area (Å²) in [4.78, 5) is 49.7. The third kappa shape index (κ3) is 7.97. The highest BCUT2D eigenvalue weighted by Gasteiger charge is 2.43. The third-order valence-electron chi connectivity index (χ3n) is 2.58. The Morgan fingerprint density at radius 2 is 0.955 bits per heavy atom. The molecule has 0 fully saturated rings. The SMILES string of the molecule is CCCC(=O)O[N+](CCC)(OC(=O)CCC)OC(=O)CCC. The topological polar surface area (TPSA) is 78.9 Å². The summed E-state index contributed by atoms with van der Waals surface area (Å²) in [5.41, 5.74) is 0. The Balaban J connectivity index is 5.18. The Bertz CT molecular complexity index is 319. The fraction of sp³-hybridized carbons (Fsp3) is 0.800. The van der Waals surface area contributed by atoms with Crippen LogP contribution in [0.25, 0.3) is 0 Å². The van der Waals surface area contributed by atoms with Gasteiger partial charge in [-0.2, -0.15) is 14.5 Å². The van der Waals surface area contributed by atoms with E-state index in [9.17, 15) is 14.4 Å². The van der Waals surface area contributed by atoms with E-state index in [4.69, 9.17) is 14.5 Å². The zero-order valence-corrected chi connectivity index (χ0v) is 14.1. The third-order valence-corrected chi connectivity index (χ3v) is 2.58. The standard InChI is InChI=1S/C15H28NO6/c1-5-9-13(17)20-16(12-8-4,21-14(18)10-6-2)22-15(19)11-7-3/h5-12H2,1-4H3/q+1. The van der Waals surface area contributed by atoms with Gasteiger partial charge in [-0.05, 0) is 19.3 Å². The van der Waals surface area contributed by atoms with Crippen molar-refractivity contribution in [2.24, 2.45) is 0 Å². The number of quaternary nitrogens is 1. The number of hydrogen-bond donors (Lipinski definition) is 0. The van der Waals surface area contributed by atoms with Crippen molar-refractivity contribution in [1.29, 1.82) is 0 Å². The van der Waals surface area contributed by atoms with E-state index in [0.717, 1.165) is 0 Å². The molecule has 0 rings (SSSR count). The first kappa shape index (κ1) is 20.4. The summed E-state index contributed by atoms with van der Waals surface area (Å²) in [6, 6.07) is 0. The molecule has 7 heteroatoms. The van der Waals surface area contributed by atoms with E-state index in [1.54, 1.807) is 0 Å². The summed E-state index contributed by atoms with van der Waals surface area (Å²) < 4.78 is 0. The molecule has 128 valence electrons. The van der Waals surface area contributed by atoms with Crippen molar-refractivity contribution in [3.05, 3.63) is 0 Å². The van der Waals surface area contributed by atoms with Crippen LogP contribution < -0.4 is 0 Å². The molecule has 22 heavy (non-hydrogen) atoms. The van der Waals surface area contributed by atoms with Crippen LogP contribution in [-0.2, 0) is 28.9 Å². The van der Waals surface area contributed by atoms with Crippen LogP contribution in [0.3, 0.4) is 0 Å². The molecule has 0 unspecified atom stereocenters. The van der Waals surface area contributed by atoms with Crippen molar-refractivity contribution in [3.63, 3.8) is 0 Å². The molecule has 0 aromatic rings. The number of hydrogen-bond acceptors (Lipinski definition) is 6. The average Bonchev–Trinajstić information content (AvgIpc) is 2.39. The van der Waals surface area contributed by atoms with Gasteiger partial charge in [0.25, 0.3) is 0 Å². The van der Waals surface area contributed by atoms with Gasteiger partial charge in [0.05, 0.1) is 19.3 Å². The maximum atomic E-state index is 11.8. The highest BCUT2D eigenvalue weighted by atomic mass is 17.2. The summed E-state index contributed by atoms with van der Waals surface area (Å²) in [6.45, 7) is 7.33. The lowest BCUT2D eigenvalue weighted by Gasteiger charge is -2.26. The monoisotopic (exact) mass is 318 g/mol. The second kappa shape index (κ2) is 11.0. The van der Waals surface area contributed by atoms with Gasteiger partial charge >= 0.3 is 17.9 Å². The molecule has 0 heterocycles. The molecule has 0 bridgehead atoms. The largest absolute Gasteiger partial charge is 0.378 e. The lowest BCUT2D eigenvalue weighted by Crippen LogP contribution is -2.52. The maximum absolute atomic E-state index is 11.8. The maximum Gasteiger partial charge on any atom is 0.378 e. The Hall–Kier alpha value is -1.63. The predicted octanol–water partition coefficient (Wildman–Crippen LogP) is 2.99. The van der Waals surface area contributed by atoms with Crippen LogP contribution >= 0.6 is 0 Å². The van der Waals surface area contributed by atoms with Gasteiger partial charge < -0.3 is 0 Å². The second-order valence-corrected chi connectivity index (χ2v) is 4.97. The molecule has 0 aliphatic carbocycles. The molecule has 0 radical (unpaired) electrons. The minimum absolute atomic E-state index is 0.0559. The lowest BCUT2D eigenvalue weighted by molar-refractivity contribution is -1.34. The molecule has 7 nitrogen and oxygen atoms in total. The highest BCUT2D eigenvalue weighted by Crippen LogP contribution is 2.18. The summed E-state index contributed by atoms with van der Waals surface area (Å²) in [5, 5.41) is 0. The molecule has 0 N–H and O–H groups in total. The van der Waals surface area contributed by atoms with Gasteiger partial charge in [-0.3, -0.25) is 0 Å². The average molecular weight is 318 g/mol. The van der Waals surface area contributed by atoms with E-state index >= 15 is 0 Å². The summed E-state index contributed by atoms with van der Waals surface area (Å²) >= 11 is 0. The first-order valence-electron chi connectivity index (χ1n) is 7.98. The van der Waals surface area contributed by atoms with Crippen LogP contribution in [0.4, 0.5) is 0 Å². The Kier molecular flexibility index (Phi) is 10.2. The van der Waals surface area contributed by atoms with Crippen LogP contribution in [0, 0.1) is 0 Å². The molecule has 0 saturated heterocycles. The van der Waals surface area contributed by atoms with Crippen LogP contribution in [0.15, 0.2) is 0 Å². The van der Waals surface area contributed by atoms with Gasteiger partial charge in [0.1, 0.15) is 0 Å². The van der Waals surface area contributed by atoms with E-state index in [0.29, 0.717) is 25.7 Å². The molecule has 0 atom stereocenters. The molecule has 0 aromatic carbocycles. The van der Waals surface area contributed by atoms with E-state index < -0.39 is 22.9 Å². The predicted molar refractivity (Wildman–Crippen MR) is 78.4 cm³/mol. The van der Waals surface area contributed by atoms with Crippen molar-refractivity contribution < 1.29 is 33.9 Å². The van der Waals surface area contributed by atoms with Crippen LogP contribution in [0.5, 0.6) is 0 Å². The smallest absolute Gasteiger partial charge is 0.245 e. The van der Waals surface area contributed by atoms with Gasteiger partial charge in [0.15, 0.2) is 0 Å². The molecular weight excluding hydrogens is 290 g/mol. The van der Waals surface area contributed by atoms with Gasteiger partial charge in [-0.1, -0.05) is 27.7 Å². The van der Waals surface area contributed by atoms with Crippen molar-refractivity contribution in [1.82, 2.24) is 0 Å². The van der Waals surface area contributed by atoms with Gasteiger partial charge in [-0.15, -0.1) is 0 Å². The first-order valence-corrected chi connectivity index (χ1v) is 7.98. The van der Waals surface area contributed by atoms with E-state index in [-0.39, 0.29) is 25.8 Å². The minimum atomic E-state index is -1.16. The van der Waals surface area contributed by atoms with Gasteiger partial charge in [-0.25, -0.2) is 14.4 Å². The van der Waals surface area contributed by atoms with Crippen molar-refractivity contribution >= 4 is 17.9 Å². The van der Waals surface area contributed by atoms with Crippen molar-refractivity contribution in [2.45, 2.75) is 72.6 Å². The Labute approximate surface area is 132 Å². The molecular formula is C15H28NO6+. The molecule has 0 spiro atoms. The Morgan fingerprint density at radius 1 is 0.636 bits per heavy atom. The molecule has 0 saturated carbocycles. The van der Waals surface area contributed by atoms with Crippen LogP contribution in [0.2, 0.25) is 0 Å². The van der Waals surface area contributed by atoms with E-state index in [1.807, 2.05) is 27.7 Å². The minimum Gasteiger partial charge on any atom is -0.245 e. The van der Waals surface area contributed by atoms with Crippen molar-refractivity contribution in [3.8, 4) is 0 Å². The zero-order chi connectivity index (χ0) is 17.0. The second-order valence-electron chi connectivity index (χ2n) is 4.97. The lowest BCUT2D eigenvalue weighted by atomic mass is 10.3. The van der Waals surface area contributed by atoms with Crippen LogP contribution in [0.1, 0.15) is 72.6 Å². The van der Waals surface area contributed by atoms with Crippen molar-refractivity contribution in [2.75, 3.05) is 6.54 Å². The first-order chi connectivity index (χ1) is 10.4. The molecule has 0 aromatic heterocycles. The number of hydroxylamine groups is 3. The normalized spacial score (nSPS) is 10.9. The summed E-state index contributed by atoms with van der Waals surface area (Å²) in [5.74, 6) is -1.74. The highest BCUT2D eigenvalue weighted by molar-refractivity contribution is 5.70. The summed E-state index contributed by atoms with van der Waals surface area (Å²) in [6.07, 6.45) is 2.70. The fourth-order valence-electron chi connectivity index (χ4n) is 1.68. The quantitative estimate of drug-likeness (QED) is 0.430. The summed E-state index contributed by atoms with van der Waals surface area (Å²) in [7, 11) is 0. The van der Waals surface area contributed by atoms with Gasteiger partial charge in [0.2, 0.25) is 11.5 Å². The molecule has 0 aliphatic heterocycles. The van der Waals surface area contributed by atoms with Gasteiger partial charge in [0, 0.05) is 6.42 Å². The van der Waals surface area contributed by atoms with E-state index in [2.05, 4.69) is 0 Å². The zero-order valence-electron chi connectivity index (χ0n) is 14.1. The number of nitrogens with zero attached hydrogens (tertiary/aromatic N) is 1. The molecule has 0 aliphatic rings. The number of carbonyl (C=O) groups is 3. The fourth-order valence-corrected chi connectivity index (χ4v) is 1.68. The Morgan fingerprint density at radius 3 is 1.18 bits per heavy atom. The van der Waals surface area contributed by atoms with Crippen LogP contribution in [-0.4, -0.2) is 29.4 Å². The number of rotatable bonds is 11.